The number of fused-ring (bicyclic) bond motifs is 1. The molecule has 2 aromatic heterocycles. The van der Waals surface area contributed by atoms with Crippen molar-refractivity contribution in [2.45, 2.75) is 20.8 Å². The van der Waals surface area contributed by atoms with E-state index in [4.69, 9.17) is 4.74 Å². The Balaban J connectivity index is 2.09. The van der Waals surface area contributed by atoms with Crippen molar-refractivity contribution in [2.75, 3.05) is 38.1 Å². The SMILES string of the molecule is CCNc1cn2ccnc2c(OCCN(CC)CC)n1. The van der Waals surface area contributed by atoms with E-state index in [2.05, 4.69) is 34.0 Å². The molecule has 0 fully saturated rings. The summed E-state index contributed by atoms with van der Waals surface area (Å²) in [5, 5.41) is 3.20. The van der Waals surface area contributed by atoms with E-state index in [1.54, 1.807) is 6.20 Å². The maximum absolute atomic E-state index is 5.82. The molecule has 6 nitrogen and oxygen atoms in total. The molecule has 0 radical (unpaired) electrons. The average Bonchev–Trinajstić information content (AvgIpc) is 2.92. The average molecular weight is 277 g/mol. The third-order valence-electron chi connectivity index (χ3n) is 3.24. The minimum atomic E-state index is 0.584. The van der Waals surface area contributed by atoms with E-state index in [0.717, 1.165) is 37.6 Å². The molecule has 0 aliphatic carbocycles. The summed E-state index contributed by atoms with van der Waals surface area (Å²) >= 11 is 0. The van der Waals surface area contributed by atoms with Crippen LogP contribution in [0.15, 0.2) is 18.6 Å². The highest BCUT2D eigenvalue weighted by molar-refractivity contribution is 5.53. The predicted octanol–water partition coefficient (Wildman–Crippen LogP) is 1.88. The molecule has 110 valence electrons. The van der Waals surface area contributed by atoms with Gasteiger partial charge in [0.1, 0.15) is 12.4 Å². The van der Waals surface area contributed by atoms with Gasteiger partial charge in [0.15, 0.2) is 0 Å². The number of rotatable bonds is 8. The van der Waals surface area contributed by atoms with Gasteiger partial charge in [0, 0.05) is 25.5 Å². The Morgan fingerprint density at radius 2 is 2.10 bits per heavy atom. The molecule has 0 aliphatic heterocycles. The van der Waals surface area contributed by atoms with E-state index in [-0.39, 0.29) is 0 Å². The van der Waals surface area contributed by atoms with Crippen LogP contribution in [0.5, 0.6) is 5.88 Å². The van der Waals surface area contributed by atoms with Crippen LogP contribution in [0.25, 0.3) is 5.65 Å². The van der Waals surface area contributed by atoms with E-state index >= 15 is 0 Å². The van der Waals surface area contributed by atoms with Gasteiger partial charge in [-0.25, -0.2) is 4.98 Å². The number of nitrogens with zero attached hydrogens (tertiary/aromatic N) is 4. The molecule has 2 rings (SSSR count). The molecule has 0 atom stereocenters. The first kappa shape index (κ1) is 14.6. The second kappa shape index (κ2) is 7.09. The molecular formula is C14H23N5O. The molecule has 0 saturated heterocycles. The molecule has 0 aromatic carbocycles. The second-order valence-electron chi connectivity index (χ2n) is 4.50. The van der Waals surface area contributed by atoms with Gasteiger partial charge in [-0.15, -0.1) is 0 Å². The van der Waals surface area contributed by atoms with Gasteiger partial charge in [-0.1, -0.05) is 13.8 Å². The fourth-order valence-corrected chi connectivity index (χ4v) is 2.08. The normalized spacial score (nSPS) is 11.2. The van der Waals surface area contributed by atoms with Gasteiger partial charge in [0.2, 0.25) is 5.65 Å². The topological polar surface area (TPSA) is 54.7 Å². The van der Waals surface area contributed by atoms with Crippen LogP contribution in [0.2, 0.25) is 0 Å². The standard InChI is InChI=1S/C14H23N5O/c1-4-15-12-11-19-8-7-16-13(19)14(17-12)20-10-9-18(5-2)6-3/h7-8,11,15H,4-6,9-10H2,1-3H3. The monoisotopic (exact) mass is 277 g/mol. The van der Waals surface area contributed by atoms with E-state index in [1.807, 2.05) is 23.7 Å². The van der Waals surface area contributed by atoms with E-state index in [1.165, 1.54) is 0 Å². The first-order valence-electron chi connectivity index (χ1n) is 7.21. The van der Waals surface area contributed by atoms with Crippen LogP contribution >= 0.6 is 0 Å². The molecular weight excluding hydrogens is 254 g/mol. The summed E-state index contributed by atoms with van der Waals surface area (Å²) in [5.74, 6) is 1.39. The number of hydrogen-bond donors (Lipinski definition) is 1. The number of anilines is 1. The molecule has 6 heteroatoms. The maximum Gasteiger partial charge on any atom is 0.260 e. The summed E-state index contributed by atoms with van der Waals surface area (Å²) in [6.45, 7) is 10.8. The van der Waals surface area contributed by atoms with Crippen LogP contribution in [0.4, 0.5) is 5.82 Å². The number of ether oxygens (including phenoxy) is 1. The lowest BCUT2D eigenvalue weighted by atomic mass is 10.5. The van der Waals surface area contributed by atoms with Crippen LogP contribution in [0.1, 0.15) is 20.8 Å². The van der Waals surface area contributed by atoms with E-state index < -0.39 is 0 Å². The third kappa shape index (κ3) is 3.39. The Kier molecular flexibility index (Phi) is 5.17. The van der Waals surface area contributed by atoms with Gasteiger partial charge in [-0.3, -0.25) is 4.40 Å². The summed E-state index contributed by atoms with van der Waals surface area (Å²) in [6.07, 6.45) is 5.57. The molecule has 20 heavy (non-hydrogen) atoms. The van der Waals surface area contributed by atoms with Crippen molar-refractivity contribution in [2.24, 2.45) is 0 Å². The van der Waals surface area contributed by atoms with Gasteiger partial charge in [0.05, 0.1) is 6.20 Å². The maximum atomic E-state index is 5.82. The van der Waals surface area contributed by atoms with Crippen molar-refractivity contribution in [3.63, 3.8) is 0 Å². The summed E-state index contributed by atoms with van der Waals surface area (Å²) in [7, 11) is 0. The molecule has 0 amide bonds. The second-order valence-corrected chi connectivity index (χ2v) is 4.50. The fraction of sp³-hybridized carbons (Fsp3) is 0.571. The number of hydrogen-bond acceptors (Lipinski definition) is 5. The van der Waals surface area contributed by atoms with Crippen molar-refractivity contribution in [3.8, 4) is 5.88 Å². The molecule has 0 aliphatic rings. The lowest BCUT2D eigenvalue weighted by Crippen LogP contribution is -2.28. The summed E-state index contributed by atoms with van der Waals surface area (Å²) in [4.78, 5) is 11.1. The zero-order valence-electron chi connectivity index (χ0n) is 12.5. The van der Waals surface area contributed by atoms with E-state index in [0.29, 0.717) is 12.5 Å². The lowest BCUT2D eigenvalue weighted by Gasteiger charge is -2.18. The minimum absolute atomic E-state index is 0.584. The largest absolute Gasteiger partial charge is 0.474 e. The zero-order valence-corrected chi connectivity index (χ0v) is 12.5. The molecule has 0 bridgehead atoms. The fourth-order valence-electron chi connectivity index (χ4n) is 2.08. The molecule has 0 spiro atoms. The molecule has 1 N–H and O–H groups in total. The van der Waals surface area contributed by atoms with Gasteiger partial charge < -0.3 is 15.0 Å². The Morgan fingerprint density at radius 1 is 1.30 bits per heavy atom. The van der Waals surface area contributed by atoms with Gasteiger partial charge in [-0.05, 0) is 20.0 Å². The number of nitrogens with one attached hydrogen (secondary N) is 1. The van der Waals surface area contributed by atoms with Crippen LogP contribution < -0.4 is 10.1 Å². The summed E-state index contributed by atoms with van der Waals surface area (Å²) in [5.41, 5.74) is 0.756. The lowest BCUT2D eigenvalue weighted by molar-refractivity contribution is 0.219. The smallest absolute Gasteiger partial charge is 0.260 e. The number of aromatic nitrogens is 3. The Labute approximate surface area is 119 Å². The molecule has 2 heterocycles. The Hall–Kier alpha value is -1.82. The number of likely N-dealkylation sites (N-methyl/N-ethyl adjacent to an activating group) is 1. The van der Waals surface area contributed by atoms with Crippen molar-refractivity contribution in [3.05, 3.63) is 18.6 Å². The van der Waals surface area contributed by atoms with Crippen molar-refractivity contribution in [1.82, 2.24) is 19.3 Å². The first-order chi connectivity index (χ1) is 9.78. The molecule has 0 saturated carbocycles. The summed E-state index contributed by atoms with van der Waals surface area (Å²) in [6, 6.07) is 0. The predicted molar refractivity (Wildman–Crippen MR) is 80.4 cm³/mol. The molecule has 2 aromatic rings. The highest BCUT2D eigenvalue weighted by atomic mass is 16.5. The quantitative estimate of drug-likeness (QED) is 0.798. The van der Waals surface area contributed by atoms with Crippen LogP contribution in [-0.4, -0.2) is 52.1 Å². The molecule has 0 unspecified atom stereocenters. The van der Waals surface area contributed by atoms with Gasteiger partial charge in [0.25, 0.3) is 5.88 Å². The first-order valence-corrected chi connectivity index (χ1v) is 7.21. The van der Waals surface area contributed by atoms with Crippen LogP contribution in [0.3, 0.4) is 0 Å². The van der Waals surface area contributed by atoms with E-state index in [9.17, 15) is 0 Å². The third-order valence-corrected chi connectivity index (χ3v) is 3.24. The number of imidazole rings is 1. The van der Waals surface area contributed by atoms with Crippen molar-refractivity contribution in [1.29, 1.82) is 0 Å². The minimum Gasteiger partial charge on any atom is -0.474 e. The Morgan fingerprint density at radius 3 is 2.80 bits per heavy atom. The van der Waals surface area contributed by atoms with Gasteiger partial charge in [-0.2, -0.15) is 4.98 Å². The van der Waals surface area contributed by atoms with Crippen LogP contribution in [0, 0.1) is 0 Å². The summed E-state index contributed by atoms with van der Waals surface area (Å²) < 4.78 is 7.75. The van der Waals surface area contributed by atoms with Gasteiger partial charge >= 0.3 is 0 Å². The Bertz CT molecular complexity index is 535. The van der Waals surface area contributed by atoms with Crippen molar-refractivity contribution >= 4 is 11.5 Å². The van der Waals surface area contributed by atoms with Crippen LogP contribution in [-0.2, 0) is 0 Å². The zero-order chi connectivity index (χ0) is 14.4. The highest BCUT2D eigenvalue weighted by Crippen LogP contribution is 2.18. The highest BCUT2D eigenvalue weighted by Gasteiger charge is 2.09. The van der Waals surface area contributed by atoms with Crippen molar-refractivity contribution < 1.29 is 4.74 Å².